The maximum Gasteiger partial charge on any atom is 0.275 e. The van der Waals surface area contributed by atoms with Gasteiger partial charge in [-0.3, -0.25) is 9.89 Å². The van der Waals surface area contributed by atoms with Crippen LogP contribution in [0, 0.1) is 6.92 Å². The highest BCUT2D eigenvalue weighted by atomic mass is 32.2. The highest BCUT2D eigenvalue weighted by molar-refractivity contribution is 7.89. The smallest absolute Gasteiger partial charge is 0.275 e. The Balaban J connectivity index is 2.31. The van der Waals surface area contributed by atoms with Gasteiger partial charge in [0.2, 0.25) is 10.0 Å². The molecular weight excluding hydrogens is 272 g/mol. The number of primary sulfonamides is 1. The molecule has 1 fully saturated rings. The minimum absolute atomic E-state index is 0.0260. The van der Waals surface area contributed by atoms with E-state index in [2.05, 4.69) is 10.2 Å². The Bertz CT molecular complexity index is 595. The maximum atomic E-state index is 12.3. The van der Waals surface area contributed by atoms with Crippen LogP contribution in [0.25, 0.3) is 0 Å². The third-order valence-electron chi connectivity index (χ3n) is 3.14. The lowest BCUT2D eigenvalue weighted by Crippen LogP contribution is -2.31. The number of ether oxygens (including phenoxy) is 1. The van der Waals surface area contributed by atoms with Crippen LogP contribution < -0.4 is 5.14 Å². The van der Waals surface area contributed by atoms with Crippen LogP contribution in [0.3, 0.4) is 0 Å². The number of amides is 1. The minimum Gasteiger partial charge on any atom is -0.380 e. The fourth-order valence-electron chi connectivity index (χ4n) is 2.17. The van der Waals surface area contributed by atoms with Crippen molar-refractivity contribution < 1.29 is 17.9 Å². The van der Waals surface area contributed by atoms with E-state index in [4.69, 9.17) is 9.88 Å². The molecule has 0 spiro atoms. The van der Waals surface area contributed by atoms with E-state index >= 15 is 0 Å². The van der Waals surface area contributed by atoms with E-state index in [0.29, 0.717) is 13.1 Å². The molecule has 19 heavy (non-hydrogen) atoms. The van der Waals surface area contributed by atoms with Crippen LogP contribution in [0.2, 0.25) is 0 Å². The molecule has 1 amide bonds. The Morgan fingerprint density at radius 2 is 2.26 bits per heavy atom. The average molecular weight is 288 g/mol. The van der Waals surface area contributed by atoms with Crippen molar-refractivity contribution >= 4 is 15.9 Å². The van der Waals surface area contributed by atoms with Gasteiger partial charge in [0.15, 0.2) is 5.69 Å². The van der Waals surface area contributed by atoms with Crippen molar-refractivity contribution in [3.8, 4) is 0 Å². The number of aromatic nitrogens is 2. The number of rotatable bonds is 3. The van der Waals surface area contributed by atoms with Gasteiger partial charge in [0.05, 0.1) is 11.8 Å². The van der Waals surface area contributed by atoms with Crippen molar-refractivity contribution in [2.75, 3.05) is 20.2 Å². The number of aromatic amines is 1. The Labute approximate surface area is 111 Å². The molecule has 0 radical (unpaired) electrons. The van der Waals surface area contributed by atoms with Crippen molar-refractivity contribution in [1.82, 2.24) is 15.1 Å². The van der Waals surface area contributed by atoms with Gasteiger partial charge in [-0.05, 0) is 13.3 Å². The molecule has 8 nitrogen and oxygen atoms in total. The molecule has 9 heteroatoms. The number of nitrogens with one attached hydrogen (secondary N) is 1. The number of nitrogens with zero attached hydrogens (tertiary/aromatic N) is 2. The van der Waals surface area contributed by atoms with Crippen molar-refractivity contribution in [3.05, 3.63) is 11.4 Å². The third kappa shape index (κ3) is 2.62. The first-order chi connectivity index (χ1) is 8.84. The predicted octanol–water partition coefficient (Wildman–Crippen LogP) is -0.774. The fraction of sp³-hybridized carbons (Fsp3) is 0.600. The lowest BCUT2D eigenvalue weighted by atomic mass is 10.3. The molecule has 2 rings (SSSR count). The number of hydrogen-bond acceptors (Lipinski definition) is 5. The molecule has 1 aromatic heterocycles. The van der Waals surface area contributed by atoms with Crippen LogP contribution in [-0.2, 0) is 14.8 Å². The van der Waals surface area contributed by atoms with Crippen LogP contribution in [0.15, 0.2) is 4.90 Å². The molecule has 0 saturated carbocycles. The number of nitrogens with two attached hydrogens (primary N) is 1. The van der Waals surface area contributed by atoms with Gasteiger partial charge in [0.25, 0.3) is 5.91 Å². The summed E-state index contributed by atoms with van der Waals surface area (Å²) in [5, 5.41) is 11.4. The molecule has 3 N–H and O–H groups in total. The first kappa shape index (κ1) is 14.0. The molecular formula is C10H16N4O4S. The second-order valence-electron chi connectivity index (χ2n) is 4.47. The molecule has 1 unspecified atom stereocenters. The van der Waals surface area contributed by atoms with Crippen molar-refractivity contribution in [3.63, 3.8) is 0 Å². The fourth-order valence-corrected chi connectivity index (χ4v) is 3.04. The average Bonchev–Trinajstić information content (AvgIpc) is 2.93. The largest absolute Gasteiger partial charge is 0.380 e. The summed E-state index contributed by atoms with van der Waals surface area (Å²) in [5.41, 5.74) is 0.102. The summed E-state index contributed by atoms with van der Waals surface area (Å²) < 4.78 is 28.2. The Morgan fingerprint density at radius 3 is 2.79 bits per heavy atom. The first-order valence-electron chi connectivity index (χ1n) is 5.74. The first-order valence-corrected chi connectivity index (χ1v) is 7.29. The van der Waals surface area contributed by atoms with Gasteiger partial charge >= 0.3 is 0 Å². The summed E-state index contributed by atoms with van der Waals surface area (Å²) in [5.74, 6) is -0.451. The van der Waals surface area contributed by atoms with Gasteiger partial charge in [0, 0.05) is 20.2 Å². The number of sulfonamides is 1. The quantitative estimate of drug-likeness (QED) is 0.757. The Kier molecular flexibility index (Phi) is 3.61. The van der Waals surface area contributed by atoms with Gasteiger partial charge < -0.3 is 9.64 Å². The molecule has 106 valence electrons. The SMILES string of the molecule is COC1CCN(C(=O)c2n[nH]c(C)c2S(N)(=O)=O)C1. The number of likely N-dealkylation sites (tertiary alicyclic amines) is 1. The highest BCUT2D eigenvalue weighted by Crippen LogP contribution is 2.20. The van der Waals surface area contributed by atoms with E-state index in [1.54, 1.807) is 7.11 Å². The lowest BCUT2D eigenvalue weighted by Gasteiger charge is -2.15. The van der Waals surface area contributed by atoms with Crippen LogP contribution in [0.1, 0.15) is 22.6 Å². The minimum atomic E-state index is -3.99. The van der Waals surface area contributed by atoms with Crippen molar-refractivity contribution in [1.29, 1.82) is 0 Å². The molecule has 1 aliphatic heterocycles. The molecule has 0 aliphatic carbocycles. The normalized spacial score (nSPS) is 19.9. The Morgan fingerprint density at radius 1 is 1.58 bits per heavy atom. The molecule has 0 aromatic carbocycles. The van der Waals surface area contributed by atoms with Crippen LogP contribution in [0.5, 0.6) is 0 Å². The van der Waals surface area contributed by atoms with Crippen molar-refractivity contribution in [2.45, 2.75) is 24.3 Å². The second-order valence-corrected chi connectivity index (χ2v) is 5.97. The zero-order valence-corrected chi connectivity index (χ0v) is 11.5. The van der Waals surface area contributed by atoms with Crippen LogP contribution in [0.4, 0.5) is 0 Å². The molecule has 0 bridgehead atoms. The van der Waals surface area contributed by atoms with Gasteiger partial charge in [-0.25, -0.2) is 13.6 Å². The third-order valence-corrected chi connectivity index (χ3v) is 4.21. The lowest BCUT2D eigenvalue weighted by molar-refractivity contribution is 0.0715. The monoisotopic (exact) mass is 288 g/mol. The number of aryl methyl sites for hydroxylation is 1. The van der Waals surface area contributed by atoms with E-state index in [1.165, 1.54) is 11.8 Å². The summed E-state index contributed by atoms with van der Waals surface area (Å²) in [6.07, 6.45) is 0.693. The van der Waals surface area contributed by atoms with Gasteiger partial charge in [-0.2, -0.15) is 5.10 Å². The van der Waals surface area contributed by atoms with Crippen LogP contribution in [-0.4, -0.2) is 55.7 Å². The molecule has 1 saturated heterocycles. The molecule has 1 atom stereocenters. The summed E-state index contributed by atoms with van der Waals surface area (Å²) in [6, 6.07) is 0. The topological polar surface area (TPSA) is 118 Å². The molecule has 1 aromatic rings. The highest BCUT2D eigenvalue weighted by Gasteiger charge is 2.32. The summed E-state index contributed by atoms with van der Waals surface area (Å²) in [4.78, 5) is 13.5. The van der Waals surface area contributed by atoms with E-state index in [1.807, 2.05) is 0 Å². The predicted molar refractivity (Wildman–Crippen MR) is 66.0 cm³/mol. The summed E-state index contributed by atoms with van der Waals surface area (Å²) in [7, 11) is -2.41. The molecule has 2 heterocycles. The van der Waals surface area contributed by atoms with Crippen molar-refractivity contribution in [2.24, 2.45) is 5.14 Å². The zero-order chi connectivity index (χ0) is 14.2. The van der Waals surface area contributed by atoms with Gasteiger partial charge in [-0.1, -0.05) is 0 Å². The van der Waals surface area contributed by atoms with E-state index in [-0.39, 0.29) is 22.4 Å². The standard InChI is InChI=1S/C10H16N4O4S/c1-6-9(19(11,16)17)8(13-12-6)10(15)14-4-3-7(5-14)18-2/h7H,3-5H2,1-2H3,(H,12,13)(H2,11,16,17). The van der Waals surface area contributed by atoms with Gasteiger partial charge in [0.1, 0.15) is 4.90 Å². The number of carbonyl (C=O) groups is 1. The van der Waals surface area contributed by atoms with E-state index in [9.17, 15) is 13.2 Å². The summed E-state index contributed by atoms with van der Waals surface area (Å²) in [6.45, 7) is 2.43. The summed E-state index contributed by atoms with van der Waals surface area (Å²) >= 11 is 0. The van der Waals surface area contributed by atoms with Gasteiger partial charge in [-0.15, -0.1) is 0 Å². The zero-order valence-electron chi connectivity index (χ0n) is 10.7. The van der Waals surface area contributed by atoms with Crippen LogP contribution >= 0.6 is 0 Å². The van der Waals surface area contributed by atoms with E-state index < -0.39 is 15.9 Å². The number of H-pyrrole nitrogens is 1. The van der Waals surface area contributed by atoms with E-state index in [0.717, 1.165) is 6.42 Å². The molecule has 1 aliphatic rings. The second kappa shape index (κ2) is 4.91. The maximum absolute atomic E-state index is 12.3. The number of hydrogen-bond donors (Lipinski definition) is 2. The Hall–Kier alpha value is -1.45. The number of methoxy groups -OCH3 is 1. The number of carbonyl (C=O) groups excluding carboxylic acids is 1.